The van der Waals surface area contributed by atoms with E-state index < -0.39 is 0 Å². The van der Waals surface area contributed by atoms with Gasteiger partial charge in [0.1, 0.15) is 6.54 Å². The molecule has 0 spiro atoms. The fraction of sp³-hybridized carbons (Fsp3) is 0.636. The van der Waals surface area contributed by atoms with Crippen molar-refractivity contribution < 1.29 is 9.53 Å². The minimum atomic E-state index is 0.105. The van der Waals surface area contributed by atoms with Crippen molar-refractivity contribution in [3.05, 3.63) is 30.6 Å². The second kappa shape index (κ2) is 9.83. The van der Waals surface area contributed by atoms with Crippen molar-refractivity contribution in [3.63, 3.8) is 0 Å². The summed E-state index contributed by atoms with van der Waals surface area (Å²) < 4.78 is 7.44. The van der Waals surface area contributed by atoms with Crippen LogP contribution in [-0.4, -0.2) is 107 Å². The van der Waals surface area contributed by atoms with Gasteiger partial charge in [-0.25, -0.2) is 0 Å². The van der Waals surface area contributed by atoms with Crippen LogP contribution < -0.4 is 9.80 Å². The standard InChI is InChI=1S/C22H32N8O2/c31-22(18-30-7-2-6-23-30)29-14-12-28(13-15-29)21-5-4-20(24-25-21)27-10-8-26(9-11-27)17-19-3-1-16-32-19/h2,4-7,19H,1,3,8-18H2. The number of rotatable bonds is 6. The van der Waals surface area contributed by atoms with E-state index in [1.807, 2.05) is 17.2 Å². The Labute approximate surface area is 188 Å². The van der Waals surface area contributed by atoms with Crippen LogP contribution in [0.4, 0.5) is 11.6 Å². The highest BCUT2D eigenvalue weighted by Crippen LogP contribution is 2.19. The van der Waals surface area contributed by atoms with Gasteiger partial charge < -0.3 is 19.4 Å². The van der Waals surface area contributed by atoms with E-state index in [1.165, 1.54) is 12.8 Å². The van der Waals surface area contributed by atoms with E-state index in [4.69, 9.17) is 4.74 Å². The summed E-state index contributed by atoms with van der Waals surface area (Å²) in [6.45, 7) is 9.19. The number of carbonyl (C=O) groups excluding carboxylic acids is 1. The summed E-state index contributed by atoms with van der Waals surface area (Å²) in [5, 5.41) is 13.1. The Hall–Kier alpha value is -2.72. The third kappa shape index (κ3) is 5.02. The molecular formula is C22H32N8O2. The first-order valence-corrected chi connectivity index (χ1v) is 11.7. The van der Waals surface area contributed by atoms with Gasteiger partial charge in [0.25, 0.3) is 0 Å². The molecule has 5 heterocycles. The van der Waals surface area contributed by atoms with Crippen LogP contribution in [0.25, 0.3) is 0 Å². The topological polar surface area (TPSA) is 82.9 Å². The largest absolute Gasteiger partial charge is 0.377 e. The molecule has 10 heteroatoms. The van der Waals surface area contributed by atoms with Crippen molar-refractivity contribution >= 4 is 17.5 Å². The zero-order valence-corrected chi connectivity index (χ0v) is 18.6. The van der Waals surface area contributed by atoms with Crippen LogP contribution in [0.15, 0.2) is 30.6 Å². The third-order valence-corrected chi connectivity index (χ3v) is 6.63. The Balaban J connectivity index is 1.08. The zero-order valence-electron chi connectivity index (χ0n) is 18.6. The Kier molecular flexibility index (Phi) is 6.49. The minimum Gasteiger partial charge on any atom is -0.377 e. The SMILES string of the molecule is O=C(Cn1cccn1)N1CCN(c2ccc(N3CCN(CC4CCCO4)CC3)nn2)CC1. The molecule has 2 aromatic heterocycles. The maximum absolute atomic E-state index is 12.5. The van der Waals surface area contributed by atoms with Crippen LogP contribution in [0.2, 0.25) is 0 Å². The molecule has 1 unspecified atom stereocenters. The number of piperazine rings is 2. The van der Waals surface area contributed by atoms with Crippen LogP contribution in [-0.2, 0) is 16.1 Å². The monoisotopic (exact) mass is 440 g/mol. The second-order valence-electron chi connectivity index (χ2n) is 8.74. The summed E-state index contributed by atoms with van der Waals surface area (Å²) in [5.74, 6) is 1.93. The van der Waals surface area contributed by atoms with Gasteiger partial charge in [-0.1, -0.05) is 0 Å². The Morgan fingerprint density at radius 2 is 1.66 bits per heavy atom. The molecule has 2 aromatic rings. The molecule has 3 fully saturated rings. The molecule has 1 atom stereocenters. The predicted molar refractivity (Wildman–Crippen MR) is 121 cm³/mol. The summed E-state index contributed by atoms with van der Waals surface area (Å²) in [6.07, 6.45) is 6.32. The number of ether oxygens (including phenoxy) is 1. The predicted octanol–water partition coefficient (Wildman–Crippen LogP) is 0.323. The van der Waals surface area contributed by atoms with Crippen molar-refractivity contribution in [2.24, 2.45) is 0 Å². The van der Waals surface area contributed by atoms with Gasteiger partial charge in [-0.05, 0) is 31.0 Å². The number of carbonyl (C=O) groups is 1. The second-order valence-corrected chi connectivity index (χ2v) is 8.74. The lowest BCUT2D eigenvalue weighted by Crippen LogP contribution is -2.50. The van der Waals surface area contributed by atoms with E-state index in [9.17, 15) is 4.79 Å². The van der Waals surface area contributed by atoms with E-state index in [1.54, 1.807) is 10.9 Å². The summed E-state index contributed by atoms with van der Waals surface area (Å²) in [7, 11) is 0. The van der Waals surface area contributed by atoms with E-state index in [-0.39, 0.29) is 5.91 Å². The molecule has 10 nitrogen and oxygen atoms in total. The summed E-state index contributed by atoms with van der Waals surface area (Å²) in [4.78, 5) is 21.4. The van der Waals surface area contributed by atoms with E-state index in [2.05, 4.69) is 42.1 Å². The molecule has 5 rings (SSSR count). The van der Waals surface area contributed by atoms with Gasteiger partial charge in [0.05, 0.1) is 6.10 Å². The first-order chi connectivity index (χ1) is 15.7. The number of aromatic nitrogens is 4. The third-order valence-electron chi connectivity index (χ3n) is 6.63. The van der Waals surface area contributed by atoms with Crippen molar-refractivity contribution in [2.45, 2.75) is 25.5 Å². The molecular weight excluding hydrogens is 408 g/mol. The Morgan fingerprint density at radius 1 is 0.969 bits per heavy atom. The molecule has 0 N–H and O–H groups in total. The summed E-state index contributed by atoms with van der Waals surface area (Å²) >= 11 is 0. The van der Waals surface area contributed by atoms with Crippen LogP contribution in [0.3, 0.4) is 0 Å². The van der Waals surface area contributed by atoms with E-state index >= 15 is 0 Å². The van der Waals surface area contributed by atoms with Gasteiger partial charge in [-0.3, -0.25) is 14.4 Å². The lowest BCUT2D eigenvalue weighted by atomic mass is 10.2. The number of hydrogen-bond acceptors (Lipinski definition) is 8. The smallest absolute Gasteiger partial charge is 0.244 e. The zero-order chi connectivity index (χ0) is 21.8. The fourth-order valence-corrected chi connectivity index (χ4v) is 4.71. The molecule has 0 bridgehead atoms. The van der Waals surface area contributed by atoms with Gasteiger partial charge in [-0.2, -0.15) is 5.10 Å². The number of hydrogen-bond donors (Lipinski definition) is 0. The fourth-order valence-electron chi connectivity index (χ4n) is 4.71. The van der Waals surface area contributed by atoms with Crippen molar-refractivity contribution in [2.75, 3.05) is 75.3 Å². The van der Waals surface area contributed by atoms with Crippen LogP contribution in [0.1, 0.15) is 12.8 Å². The van der Waals surface area contributed by atoms with Gasteiger partial charge >= 0.3 is 0 Å². The van der Waals surface area contributed by atoms with Gasteiger partial charge in [0.2, 0.25) is 5.91 Å². The van der Waals surface area contributed by atoms with Gasteiger partial charge in [-0.15, -0.1) is 10.2 Å². The molecule has 0 aromatic carbocycles. The van der Waals surface area contributed by atoms with Crippen molar-refractivity contribution in [1.82, 2.24) is 29.8 Å². The molecule has 32 heavy (non-hydrogen) atoms. The van der Waals surface area contributed by atoms with Gasteiger partial charge in [0.15, 0.2) is 11.6 Å². The molecule has 3 aliphatic rings. The lowest BCUT2D eigenvalue weighted by molar-refractivity contribution is -0.132. The number of amides is 1. The quantitative estimate of drug-likeness (QED) is 0.635. The first kappa shape index (κ1) is 21.1. The normalized spacial score (nSPS) is 22.5. The molecule has 0 saturated carbocycles. The summed E-state index contributed by atoms with van der Waals surface area (Å²) in [6, 6.07) is 5.97. The molecule has 172 valence electrons. The highest BCUT2D eigenvalue weighted by atomic mass is 16.5. The molecule has 3 aliphatic heterocycles. The van der Waals surface area contributed by atoms with Crippen LogP contribution in [0.5, 0.6) is 0 Å². The molecule has 1 amide bonds. The highest BCUT2D eigenvalue weighted by Gasteiger charge is 2.25. The molecule has 3 saturated heterocycles. The lowest BCUT2D eigenvalue weighted by Gasteiger charge is -2.37. The number of nitrogens with zero attached hydrogens (tertiary/aromatic N) is 8. The van der Waals surface area contributed by atoms with E-state index in [0.29, 0.717) is 25.7 Å². The highest BCUT2D eigenvalue weighted by molar-refractivity contribution is 5.76. The van der Waals surface area contributed by atoms with E-state index in [0.717, 1.165) is 64.1 Å². The maximum atomic E-state index is 12.5. The average Bonchev–Trinajstić information content (AvgIpc) is 3.54. The van der Waals surface area contributed by atoms with Gasteiger partial charge in [0, 0.05) is 77.9 Å². The van der Waals surface area contributed by atoms with Crippen molar-refractivity contribution in [3.8, 4) is 0 Å². The molecule has 0 aliphatic carbocycles. The summed E-state index contributed by atoms with van der Waals surface area (Å²) in [5.41, 5.74) is 0. The van der Waals surface area contributed by atoms with Crippen molar-refractivity contribution in [1.29, 1.82) is 0 Å². The van der Waals surface area contributed by atoms with Crippen LogP contribution >= 0.6 is 0 Å². The maximum Gasteiger partial charge on any atom is 0.244 e. The Bertz CT molecular complexity index is 853. The minimum absolute atomic E-state index is 0.105. The molecule has 0 radical (unpaired) electrons. The first-order valence-electron chi connectivity index (χ1n) is 11.7. The number of anilines is 2. The Morgan fingerprint density at radius 3 is 2.22 bits per heavy atom. The van der Waals surface area contributed by atoms with Crippen LogP contribution in [0, 0.1) is 0 Å². The average molecular weight is 441 g/mol.